The van der Waals surface area contributed by atoms with Crippen molar-refractivity contribution in [3.8, 4) is 0 Å². The van der Waals surface area contributed by atoms with Crippen molar-refractivity contribution in [2.24, 2.45) is 0 Å². The van der Waals surface area contributed by atoms with Gasteiger partial charge in [-0.25, -0.2) is 4.79 Å². The molecule has 0 aromatic heterocycles. The van der Waals surface area contributed by atoms with Crippen LogP contribution in [0.5, 0.6) is 0 Å². The molecule has 0 amide bonds. The Hall–Kier alpha value is -1.44. The highest BCUT2D eigenvalue weighted by Gasteiger charge is 2.04. The molecule has 104 valence electrons. The number of aliphatic hydroxyl groups excluding tert-OH is 1. The minimum atomic E-state index is -0.747. The fourth-order valence-corrected chi connectivity index (χ4v) is 0.862. The molecule has 0 aliphatic rings. The van der Waals surface area contributed by atoms with Crippen molar-refractivity contribution in [1.82, 2.24) is 0 Å². The zero-order valence-electron chi connectivity index (χ0n) is 10.3. The van der Waals surface area contributed by atoms with E-state index >= 15 is 0 Å². The Morgan fingerprint density at radius 3 is 2.33 bits per heavy atom. The maximum atomic E-state index is 10.9. The predicted octanol–water partition coefficient (Wildman–Crippen LogP) is -0.368. The fourth-order valence-electron chi connectivity index (χ4n) is 0.862. The summed E-state index contributed by atoms with van der Waals surface area (Å²) in [6, 6.07) is 0. The Morgan fingerprint density at radius 2 is 1.72 bits per heavy atom. The molecule has 0 aromatic carbocycles. The van der Waals surface area contributed by atoms with Crippen LogP contribution in [0.15, 0.2) is 11.8 Å². The molecule has 0 atom stereocenters. The molecule has 7 nitrogen and oxygen atoms in total. The molecule has 0 saturated carbocycles. The smallest absolute Gasteiger partial charge is 0.344 e. The summed E-state index contributed by atoms with van der Waals surface area (Å²) in [5.41, 5.74) is 0.188. The number of hydrogen-bond donors (Lipinski definition) is 1. The van der Waals surface area contributed by atoms with E-state index in [1.165, 1.54) is 13.2 Å². The molecule has 0 rings (SSSR count). The van der Waals surface area contributed by atoms with Gasteiger partial charge >= 0.3 is 12.4 Å². The van der Waals surface area contributed by atoms with Crippen molar-refractivity contribution >= 4 is 12.4 Å². The second-order valence-electron chi connectivity index (χ2n) is 3.12. The Morgan fingerprint density at radius 1 is 1.11 bits per heavy atom. The lowest BCUT2D eigenvalue weighted by molar-refractivity contribution is -0.148. The summed E-state index contributed by atoms with van der Waals surface area (Å²) in [6.45, 7) is 3.23. The zero-order valence-corrected chi connectivity index (χ0v) is 10.3. The third-order valence-corrected chi connectivity index (χ3v) is 1.69. The summed E-state index contributed by atoms with van der Waals surface area (Å²) in [5.74, 6) is -0.747. The van der Waals surface area contributed by atoms with Gasteiger partial charge in [-0.15, -0.1) is 0 Å². The summed E-state index contributed by atoms with van der Waals surface area (Å²) in [6.07, 6.45) is 1.21. The van der Waals surface area contributed by atoms with Crippen LogP contribution in [0.25, 0.3) is 0 Å². The van der Waals surface area contributed by atoms with Crippen LogP contribution in [-0.2, 0) is 28.5 Å². The molecule has 0 aliphatic carbocycles. The van der Waals surface area contributed by atoms with Crippen molar-refractivity contribution in [3.63, 3.8) is 0 Å². The molecule has 0 aromatic rings. The van der Waals surface area contributed by atoms with Crippen LogP contribution < -0.4 is 0 Å². The quantitative estimate of drug-likeness (QED) is 0.136. The van der Waals surface area contributed by atoms with Crippen molar-refractivity contribution in [2.45, 2.75) is 6.92 Å². The molecule has 1 N–H and O–H groups in total. The van der Waals surface area contributed by atoms with Crippen LogP contribution in [0, 0.1) is 0 Å². The number of esters is 1. The van der Waals surface area contributed by atoms with E-state index < -0.39 is 5.97 Å². The summed E-state index contributed by atoms with van der Waals surface area (Å²) in [5, 5.41) is 8.42. The molecule has 0 radical (unpaired) electrons. The van der Waals surface area contributed by atoms with Crippen LogP contribution >= 0.6 is 0 Å². The first-order valence-electron chi connectivity index (χ1n) is 5.41. The van der Waals surface area contributed by atoms with E-state index in [0.717, 1.165) is 0 Å². The lowest BCUT2D eigenvalue weighted by Crippen LogP contribution is -2.10. The van der Waals surface area contributed by atoms with Gasteiger partial charge in [-0.3, -0.25) is 4.79 Å². The Labute approximate surface area is 105 Å². The first-order chi connectivity index (χ1) is 8.72. The third kappa shape index (κ3) is 9.76. The Balaban J connectivity index is 3.41. The van der Waals surface area contributed by atoms with Gasteiger partial charge in [0.25, 0.3) is 0 Å². The van der Waals surface area contributed by atoms with E-state index in [4.69, 9.17) is 19.3 Å². The van der Waals surface area contributed by atoms with Crippen molar-refractivity contribution < 1.29 is 33.6 Å². The van der Waals surface area contributed by atoms with Crippen LogP contribution in [0.3, 0.4) is 0 Å². The van der Waals surface area contributed by atoms with Crippen LogP contribution in [0.4, 0.5) is 0 Å². The highest BCUT2D eigenvalue weighted by atomic mass is 16.6. The Bertz CT molecular complexity index is 262. The standard InChI is InChI=1S/C11H18O7/c1-10(11(14)18-9-13)8-17-7-6-16-5-4-15-3-2-12/h8-9,12H,2-7H2,1H3. The average Bonchev–Trinajstić information content (AvgIpc) is 2.36. The van der Waals surface area contributed by atoms with Crippen molar-refractivity contribution in [3.05, 3.63) is 11.8 Å². The number of hydrogen-bond acceptors (Lipinski definition) is 7. The molecule has 0 fully saturated rings. The van der Waals surface area contributed by atoms with E-state index in [1.807, 2.05) is 0 Å². The number of rotatable bonds is 11. The monoisotopic (exact) mass is 262 g/mol. The molecule has 0 heterocycles. The molecular formula is C11H18O7. The number of ether oxygens (including phenoxy) is 4. The number of carbonyl (C=O) groups is 2. The molecule has 0 aliphatic heterocycles. The predicted molar refractivity (Wildman–Crippen MR) is 60.6 cm³/mol. The molecule has 7 heteroatoms. The second-order valence-corrected chi connectivity index (χ2v) is 3.12. The lowest BCUT2D eigenvalue weighted by Gasteiger charge is -2.05. The SMILES string of the molecule is CC(=COCCOCCOCCO)C(=O)OC=O. The molecule has 0 saturated heterocycles. The second kappa shape index (κ2) is 12.0. The van der Waals surface area contributed by atoms with Gasteiger partial charge in [-0.05, 0) is 6.92 Å². The molecule has 0 bridgehead atoms. The van der Waals surface area contributed by atoms with Gasteiger partial charge in [0.2, 0.25) is 0 Å². The summed E-state index contributed by atoms with van der Waals surface area (Å²) in [7, 11) is 0. The zero-order chi connectivity index (χ0) is 13.6. The maximum absolute atomic E-state index is 10.9. The van der Waals surface area contributed by atoms with Gasteiger partial charge in [0.15, 0.2) is 0 Å². The first kappa shape index (κ1) is 16.6. The van der Waals surface area contributed by atoms with Crippen molar-refractivity contribution in [1.29, 1.82) is 0 Å². The van der Waals surface area contributed by atoms with Gasteiger partial charge in [0.1, 0.15) is 6.61 Å². The van der Waals surface area contributed by atoms with Crippen LogP contribution in [-0.4, -0.2) is 57.2 Å². The highest BCUT2D eigenvalue weighted by molar-refractivity contribution is 5.91. The van der Waals surface area contributed by atoms with Crippen molar-refractivity contribution in [2.75, 3.05) is 39.6 Å². The highest BCUT2D eigenvalue weighted by Crippen LogP contribution is 1.95. The number of carbonyl (C=O) groups excluding carboxylic acids is 2. The first-order valence-corrected chi connectivity index (χ1v) is 5.41. The lowest BCUT2D eigenvalue weighted by atomic mass is 10.3. The fraction of sp³-hybridized carbons (Fsp3) is 0.636. The summed E-state index contributed by atoms with van der Waals surface area (Å²) in [4.78, 5) is 20.8. The molecular weight excluding hydrogens is 244 g/mol. The van der Waals surface area contributed by atoms with E-state index in [-0.39, 0.29) is 25.3 Å². The van der Waals surface area contributed by atoms with E-state index in [1.54, 1.807) is 0 Å². The van der Waals surface area contributed by atoms with Gasteiger partial charge in [-0.1, -0.05) is 0 Å². The summed E-state index contributed by atoms with van der Waals surface area (Å²) < 4.78 is 19.2. The number of aliphatic hydroxyl groups is 1. The van der Waals surface area contributed by atoms with Crippen LogP contribution in [0.2, 0.25) is 0 Å². The minimum Gasteiger partial charge on any atom is -0.498 e. The summed E-state index contributed by atoms with van der Waals surface area (Å²) >= 11 is 0. The minimum absolute atomic E-state index is 0.00985. The van der Waals surface area contributed by atoms with Gasteiger partial charge in [-0.2, -0.15) is 0 Å². The van der Waals surface area contributed by atoms with E-state index in [9.17, 15) is 9.59 Å². The molecule has 0 unspecified atom stereocenters. The molecule has 18 heavy (non-hydrogen) atoms. The van der Waals surface area contributed by atoms with E-state index in [0.29, 0.717) is 26.4 Å². The van der Waals surface area contributed by atoms with Crippen LogP contribution in [0.1, 0.15) is 6.92 Å². The third-order valence-electron chi connectivity index (χ3n) is 1.69. The van der Waals surface area contributed by atoms with E-state index in [2.05, 4.69) is 4.74 Å². The normalized spacial score (nSPS) is 11.1. The average molecular weight is 262 g/mol. The van der Waals surface area contributed by atoms with Gasteiger partial charge in [0, 0.05) is 0 Å². The largest absolute Gasteiger partial charge is 0.498 e. The van der Waals surface area contributed by atoms with Gasteiger partial charge in [0.05, 0.1) is 44.9 Å². The Kier molecular flexibility index (Phi) is 11.1. The molecule has 0 spiro atoms. The topological polar surface area (TPSA) is 91.3 Å². The van der Waals surface area contributed by atoms with Gasteiger partial charge < -0.3 is 24.1 Å². The maximum Gasteiger partial charge on any atom is 0.344 e.